The van der Waals surface area contributed by atoms with Gasteiger partial charge in [0.05, 0.1) is 0 Å². The first kappa shape index (κ1) is 18.9. The average Bonchev–Trinajstić information content (AvgIpc) is 3.23. The van der Waals surface area contributed by atoms with Gasteiger partial charge in [-0.05, 0) is 48.4 Å². The third-order valence-corrected chi connectivity index (χ3v) is 6.01. The van der Waals surface area contributed by atoms with E-state index in [4.69, 9.17) is 11.6 Å². The molecule has 1 amide bonds. The summed E-state index contributed by atoms with van der Waals surface area (Å²) in [5.74, 6) is 0.712. The molecule has 0 aliphatic carbocycles. The van der Waals surface area contributed by atoms with Crippen molar-refractivity contribution in [3.63, 3.8) is 0 Å². The van der Waals surface area contributed by atoms with Crippen LogP contribution in [0, 0.1) is 0 Å². The zero-order valence-corrected chi connectivity index (χ0v) is 17.3. The summed E-state index contributed by atoms with van der Waals surface area (Å²) >= 11 is 6.12. The number of piperazine rings is 1. The second-order valence-electron chi connectivity index (χ2n) is 7.57. The fraction of sp³-hybridized carbons (Fsp3) is 0.261. The van der Waals surface area contributed by atoms with E-state index in [9.17, 15) is 4.79 Å². The van der Waals surface area contributed by atoms with E-state index in [1.165, 1.54) is 5.56 Å². The Morgan fingerprint density at radius 2 is 1.63 bits per heavy atom. The van der Waals surface area contributed by atoms with Crippen molar-refractivity contribution in [2.45, 2.75) is 6.42 Å². The average molecular weight is 420 g/mol. The molecule has 0 saturated carbocycles. The van der Waals surface area contributed by atoms with Gasteiger partial charge in [0.1, 0.15) is 0 Å². The molecule has 1 aromatic heterocycles. The van der Waals surface area contributed by atoms with Gasteiger partial charge in [0.25, 0.3) is 5.91 Å². The molecule has 2 aromatic carbocycles. The van der Waals surface area contributed by atoms with Crippen LogP contribution in [0.1, 0.15) is 16.1 Å². The Morgan fingerprint density at radius 1 is 0.833 bits per heavy atom. The van der Waals surface area contributed by atoms with Crippen molar-refractivity contribution in [2.75, 3.05) is 47.4 Å². The number of carbonyl (C=O) groups excluding carboxylic acids is 1. The number of rotatable bonds is 3. The highest BCUT2D eigenvalue weighted by molar-refractivity contribution is 6.30. The SMILES string of the molecule is O=C(c1ccc(N2CCN(c3cccc(Cl)c3)CC2)nn1)N1CCc2ccccc21. The van der Waals surface area contributed by atoms with Crippen LogP contribution in [-0.4, -0.2) is 48.8 Å². The topological polar surface area (TPSA) is 52.6 Å². The number of carbonyl (C=O) groups is 1. The Morgan fingerprint density at radius 3 is 2.40 bits per heavy atom. The molecule has 0 spiro atoms. The van der Waals surface area contributed by atoms with Crippen LogP contribution >= 0.6 is 11.6 Å². The Kier molecular flexibility index (Phi) is 5.01. The predicted molar refractivity (Wildman–Crippen MR) is 120 cm³/mol. The Hall–Kier alpha value is -3.12. The molecule has 7 heteroatoms. The minimum absolute atomic E-state index is 0.0928. The first-order chi connectivity index (χ1) is 14.7. The molecule has 6 nitrogen and oxygen atoms in total. The predicted octanol–water partition coefficient (Wildman–Crippen LogP) is 3.66. The third kappa shape index (κ3) is 3.59. The molecule has 1 saturated heterocycles. The van der Waals surface area contributed by atoms with Crippen LogP contribution in [0.5, 0.6) is 0 Å². The molecule has 0 N–H and O–H groups in total. The molecule has 0 bridgehead atoms. The number of aromatic nitrogens is 2. The lowest BCUT2D eigenvalue weighted by molar-refractivity contribution is 0.0983. The van der Waals surface area contributed by atoms with E-state index in [1.54, 1.807) is 11.0 Å². The molecule has 30 heavy (non-hydrogen) atoms. The standard InChI is InChI=1S/C23H22ClN5O/c24-18-5-3-6-19(16-18)27-12-14-28(15-13-27)22-9-8-20(25-26-22)23(30)29-11-10-17-4-1-2-7-21(17)29/h1-9,16H,10-15H2. The van der Waals surface area contributed by atoms with Gasteiger partial charge in [0.2, 0.25) is 0 Å². The summed E-state index contributed by atoms with van der Waals surface area (Å²) in [4.78, 5) is 19.2. The number of anilines is 3. The van der Waals surface area contributed by atoms with Gasteiger partial charge in [-0.25, -0.2) is 0 Å². The fourth-order valence-electron chi connectivity index (χ4n) is 4.16. The molecule has 1 fully saturated rings. The summed E-state index contributed by atoms with van der Waals surface area (Å²) in [6, 6.07) is 19.7. The Bertz CT molecular complexity index is 1060. The van der Waals surface area contributed by atoms with E-state index in [0.29, 0.717) is 12.2 Å². The number of halogens is 1. The molecule has 3 heterocycles. The number of fused-ring (bicyclic) bond motifs is 1. The number of para-hydroxylation sites is 1. The summed E-state index contributed by atoms with van der Waals surface area (Å²) in [7, 11) is 0. The maximum Gasteiger partial charge on any atom is 0.278 e. The Balaban J connectivity index is 1.24. The van der Waals surface area contributed by atoms with E-state index < -0.39 is 0 Å². The Labute approximate surface area is 180 Å². The molecule has 5 rings (SSSR count). The summed E-state index contributed by atoms with van der Waals surface area (Å²) in [5, 5.41) is 9.35. The van der Waals surface area contributed by atoms with Crippen molar-refractivity contribution >= 4 is 34.7 Å². The molecule has 152 valence electrons. The van der Waals surface area contributed by atoms with Crippen LogP contribution in [0.15, 0.2) is 60.7 Å². The third-order valence-electron chi connectivity index (χ3n) is 5.78. The summed E-state index contributed by atoms with van der Waals surface area (Å²) < 4.78 is 0. The van der Waals surface area contributed by atoms with Gasteiger partial charge in [-0.3, -0.25) is 4.79 Å². The van der Waals surface area contributed by atoms with Gasteiger partial charge in [0.15, 0.2) is 11.5 Å². The molecular weight excluding hydrogens is 398 g/mol. The summed E-state index contributed by atoms with van der Waals surface area (Å²) in [5.41, 5.74) is 3.70. The van der Waals surface area contributed by atoms with Gasteiger partial charge >= 0.3 is 0 Å². The van der Waals surface area contributed by atoms with Crippen molar-refractivity contribution in [1.82, 2.24) is 10.2 Å². The van der Waals surface area contributed by atoms with Crippen LogP contribution in [0.25, 0.3) is 0 Å². The van der Waals surface area contributed by atoms with Crippen LogP contribution in [0.4, 0.5) is 17.2 Å². The molecule has 0 atom stereocenters. The first-order valence-corrected chi connectivity index (χ1v) is 10.6. The zero-order chi connectivity index (χ0) is 20.5. The molecular formula is C23H22ClN5O. The van der Waals surface area contributed by atoms with Crippen LogP contribution in [0.3, 0.4) is 0 Å². The van der Waals surface area contributed by atoms with Crippen molar-refractivity contribution < 1.29 is 4.79 Å². The van der Waals surface area contributed by atoms with E-state index in [2.05, 4.69) is 32.1 Å². The highest BCUT2D eigenvalue weighted by atomic mass is 35.5. The van der Waals surface area contributed by atoms with E-state index in [1.807, 2.05) is 42.5 Å². The minimum Gasteiger partial charge on any atom is -0.368 e. The molecule has 0 radical (unpaired) electrons. The second-order valence-corrected chi connectivity index (χ2v) is 8.00. The zero-order valence-electron chi connectivity index (χ0n) is 16.5. The van der Waals surface area contributed by atoms with Crippen molar-refractivity contribution in [1.29, 1.82) is 0 Å². The summed E-state index contributed by atoms with van der Waals surface area (Å²) in [6.07, 6.45) is 0.879. The van der Waals surface area contributed by atoms with Crippen LogP contribution < -0.4 is 14.7 Å². The van der Waals surface area contributed by atoms with E-state index >= 15 is 0 Å². The quantitative estimate of drug-likeness (QED) is 0.648. The van der Waals surface area contributed by atoms with Gasteiger partial charge in [-0.2, -0.15) is 0 Å². The maximum absolute atomic E-state index is 12.9. The molecule has 2 aliphatic heterocycles. The summed E-state index contributed by atoms with van der Waals surface area (Å²) in [6.45, 7) is 4.13. The van der Waals surface area contributed by atoms with Crippen molar-refractivity contribution in [3.05, 3.63) is 76.9 Å². The van der Waals surface area contributed by atoms with E-state index in [0.717, 1.165) is 54.8 Å². The number of hydrogen-bond acceptors (Lipinski definition) is 5. The van der Waals surface area contributed by atoms with Gasteiger partial charge in [-0.15, -0.1) is 10.2 Å². The van der Waals surface area contributed by atoms with Gasteiger partial charge in [-0.1, -0.05) is 35.9 Å². The lowest BCUT2D eigenvalue weighted by atomic mass is 10.2. The lowest BCUT2D eigenvalue weighted by Gasteiger charge is -2.36. The number of hydrogen-bond donors (Lipinski definition) is 0. The molecule has 0 unspecified atom stereocenters. The highest BCUT2D eigenvalue weighted by Crippen LogP contribution is 2.28. The van der Waals surface area contributed by atoms with Crippen molar-refractivity contribution in [3.8, 4) is 0 Å². The van der Waals surface area contributed by atoms with E-state index in [-0.39, 0.29) is 5.91 Å². The minimum atomic E-state index is -0.0928. The largest absolute Gasteiger partial charge is 0.368 e. The van der Waals surface area contributed by atoms with Crippen LogP contribution in [0.2, 0.25) is 5.02 Å². The number of nitrogens with zero attached hydrogens (tertiary/aromatic N) is 5. The van der Waals surface area contributed by atoms with Crippen molar-refractivity contribution in [2.24, 2.45) is 0 Å². The number of benzene rings is 2. The van der Waals surface area contributed by atoms with Crippen LogP contribution in [-0.2, 0) is 6.42 Å². The lowest BCUT2D eigenvalue weighted by Crippen LogP contribution is -2.47. The smallest absolute Gasteiger partial charge is 0.278 e. The number of amides is 1. The fourth-order valence-corrected chi connectivity index (χ4v) is 4.35. The first-order valence-electron chi connectivity index (χ1n) is 10.2. The normalized spacial score (nSPS) is 16.0. The monoisotopic (exact) mass is 419 g/mol. The highest BCUT2D eigenvalue weighted by Gasteiger charge is 2.26. The maximum atomic E-state index is 12.9. The molecule has 3 aromatic rings. The molecule has 2 aliphatic rings. The second kappa shape index (κ2) is 7.95. The van der Waals surface area contributed by atoms with Gasteiger partial charge < -0.3 is 14.7 Å². The van der Waals surface area contributed by atoms with Gasteiger partial charge in [0, 0.05) is 49.1 Å².